The van der Waals surface area contributed by atoms with E-state index in [9.17, 15) is 19.3 Å². The summed E-state index contributed by atoms with van der Waals surface area (Å²) >= 11 is 5.85. The van der Waals surface area contributed by atoms with Gasteiger partial charge in [0.1, 0.15) is 18.7 Å². The Morgan fingerprint density at radius 1 is 1.29 bits per heavy atom. The highest BCUT2D eigenvalue weighted by Crippen LogP contribution is 2.29. The van der Waals surface area contributed by atoms with Gasteiger partial charge in [-0.2, -0.15) is 0 Å². The van der Waals surface area contributed by atoms with Crippen molar-refractivity contribution in [1.29, 1.82) is 0 Å². The van der Waals surface area contributed by atoms with Gasteiger partial charge < -0.3 is 4.74 Å². The van der Waals surface area contributed by atoms with Gasteiger partial charge in [-0.1, -0.05) is 17.7 Å². The second kappa shape index (κ2) is 6.32. The van der Waals surface area contributed by atoms with Gasteiger partial charge in [-0.3, -0.25) is 14.9 Å². The van der Waals surface area contributed by atoms with E-state index in [4.69, 9.17) is 16.3 Å². The SMILES string of the molecule is O=Cc1ccc([N+](=O)[O-])c(OCc2ccc(F)cc2Cl)c1. The van der Waals surface area contributed by atoms with Gasteiger partial charge in [0, 0.05) is 17.2 Å². The largest absolute Gasteiger partial charge is 0.482 e. The summed E-state index contributed by atoms with van der Waals surface area (Å²) < 4.78 is 18.3. The normalized spacial score (nSPS) is 10.2. The molecule has 0 bridgehead atoms. The van der Waals surface area contributed by atoms with E-state index in [1.807, 2.05) is 0 Å². The van der Waals surface area contributed by atoms with Gasteiger partial charge in [0.05, 0.1) is 9.95 Å². The number of nitro groups is 1. The molecule has 0 saturated carbocycles. The number of rotatable bonds is 5. The molecule has 2 aromatic rings. The second-order valence-corrected chi connectivity index (χ2v) is 4.53. The van der Waals surface area contributed by atoms with Crippen LogP contribution in [0.2, 0.25) is 5.02 Å². The molecular formula is C14H9ClFNO4. The number of aldehydes is 1. The average molecular weight is 310 g/mol. The highest BCUT2D eigenvalue weighted by Gasteiger charge is 2.16. The van der Waals surface area contributed by atoms with Crippen LogP contribution in [0.15, 0.2) is 36.4 Å². The zero-order valence-electron chi connectivity index (χ0n) is 10.6. The number of hydrogen-bond donors (Lipinski definition) is 0. The average Bonchev–Trinajstić information content (AvgIpc) is 2.45. The van der Waals surface area contributed by atoms with Crippen LogP contribution >= 0.6 is 11.6 Å². The fourth-order valence-electron chi connectivity index (χ4n) is 1.66. The molecular weight excluding hydrogens is 301 g/mol. The first-order valence-corrected chi connectivity index (χ1v) is 6.19. The Bertz CT molecular complexity index is 705. The van der Waals surface area contributed by atoms with E-state index in [-0.39, 0.29) is 28.6 Å². The van der Waals surface area contributed by atoms with Crippen molar-refractivity contribution >= 4 is 23.6 Å². The number of nitro benzene ring substituents is 1. The number of halogens is 2. The second-order valence-electron chi connectivity index (χ2n) is 4.13. The number of carbonyl (C=O) groups is 1. The molecule has 0 heterocycles. The van der Waals surface area contributed by atoms with Crippen LogP contribution in [-0.4, -0.2) is 11.2 Å². The van der Waals surface area contributed by atoms with Crippen molar-refractivity contribution in [3.8, 4) is 5.75 Å². The van der Waals surface area contributed by atoms with Crippen LogP contribution < -0.4 is 4.74 Å². The number of carbonyl (C=O) groups excluding carboxylic acids is 1. The first-order chi connectivity index (χ1) is 10.0. The molecule has 0 fully saturated rings. The Balaban J connectivity index is 2.26. The van der Waals surface area contributed by atoms with Crippen molar-refractivity contribution in [3.63, 3.8) is 0 Å². The predicted octanol–water partition coefficient (Wildman–Crippen LogP) is 3.78. The van der Waals surface area contributed by atoms with Crippen LogP contribution in [-0.2, 0) is 6.61 Å². The van der Waals surface area contributed by atoms with Gasteiger partial charge in [0.25, 0.3) is 0 Å². The van der Waals surface area contributed by atoms with E-state index >= 15 is 0 Å². The summed E-state index contributed by atoms with van der Waals surface area (Å²) in [6.45, 7) is -0.0811. The zero-order valence-corrected chi connectivity index (χ0v) is 11.3. The lowest BCUT2D eigenvalue weighted by atomic mass is 10.2. The number of hydrogen-bond acceptors (Lipinski definition) is 4. The molecule has 0 radical (unpaired) electrons. The summed E-state index contributed by atoms with van der Waals surface area (Å²) in [7, 11) is 0. The fourth-order valence-corrected chi connectivity index (χ4v) is 1.89. The summed E-state index contributed by atoms with van der Waals surface area (Å²) in [6.07, 6.45) is 0.557. The molecule has 0 atom stereocenters. The van der Waals surface area contributed by atoms with E-state index in [1.54, 1.807) is 0 Å². The molecule has 0 N–H and O–H groups in total. The fraction of sp³-hybridized carbons (Fsp3) is 0.0714. The van der Waals surface area contributed by atoms with Gasteiger partial charge in [0.2, 0.25) is 0 Å². The van der Waals surface area contributed by atoms with Crippen molar-refractivity contribution < 1.29 is 18.8 Å². The lowest BCUT2D eigenvalue weighted by molar-refractivity contribution is -0.385. The van der Waals surface area contributed by atoms with Crippen LogP contribution in [0.4, 0.5) is 10.1 Å². The topological polar surface area (TPSA) is 69.4 Å². The van der Waals surface area contributed by atoms with Gasteiger partial charge >= 0.3 is 5.69 Å². The first-order valence-electron chi connectivity index (χ1n) is 5.81. The van der Waals surface area contributed by atoms with E-state index in [2.05, 4.69) is 0 Å². The van der Waals surface area contributed by atoms with Crippen molar-refractivity contribution in [3.05, 3.63) is 68.5 Å². The van der Waals surface area contributed by atoms with Gasteiger partial charge in [-0.05, 0) is 24.3 Å². The quantitative estimate of drug-likeness (QED) is 0.479. The van der Waals surface area contributed by atoms with Crippen molar-refractivity contribution in [2.75, 3.05) is 0 Å². The molecule has 2 rings (SSSR count). The highest BCUT2D eigenvalue weighted by atomic mass is 35.5. The summed E-state index contributed by atoms with van der Waals surface area (Å²) in [5.41, 5.74) is 0.462. The summed E-state index contributed by atoms with van der Waals surface area (Å²) in [6, 6.07) is 7.53. The summed E-state index contributed by atoms with van der Waals surface area (Å²) in [5, 5.41) is 11.1. The molecule has 5 nitrogen and oxygen atoms in total. The highest BCUT2D eigenvalue weighted by molar-refractivity contribution is 6.31. The molecule has 2 aromatic carbocycles. The minimum Gasteiger partial charge on any atom is -0.482 e. The van der Waals surface area contributed by atoms with Crippen LogP contribution in [0.3, 0.4) is 0 Å². The molecule has 0 saturated heterocycles. The molecule has 0 aromatic heterocycles. The molecule has 0 unspecified atom stereocenters. The monoisotopic (exact) mass is 309 g/mol. The van der Waals surface area contributed by atoms with Crippen molar-refractivity contribution in [1.82, 2.24) is 0 Å². The third kappa shape index (κ3) is 3.55. The number of nitrogens with zero attached hydrogens (tertiary/aromatic N) is 1. The lowest BCUT2D eigenvalue weighted by Gasteiger charge is -2.08. The minimum atomic E-state index is -0.615. The molecule has 0 amide bonds. The van der Waals surface area contributed by atoms with E-state index in [0.29, 0.717) is 11.8 Å². The Morgan fingerprint density at radius 2 is 2.05 bits per heavy atom. The summed E-state index contributed by atoms with van der Waals surface area (Å²) in [4.78, 5) is 21.0. The third-order valence-corrected chi connectivity index (χ3v) is 3.07. The maximum atomic E-state index is 12.9. The lowest BCUT2D eigenvalue weighted by Crippen LogP contribution is -2.01. The molecule has 0 aliphatic carbocycles. The zero-order chi connectivity index (χ0) is 15.4. The molecule has 108 valence electrons. The van der Waals surface area contributed by atoms with Gasteiger partial charge in [-0.25, -0.2) is 4.39 Å². The molecule has 21 heavy (non-hydrogen) atoms. The van der Waals surface area contributed by atoms with E-state index < -0.39 is 10.7 Å². The van der Waals surface area contributed by atoms with Gasteiger partial charge in [0.15, 0.2) is 5.75 Å². The number of benzene rings is 2. The molecule has 0 aliphatic heterocycles. The van der Waals surface area contributed by atoms with Crippen LogP contribution in [0, 0.1) is 15.9 Å². The standard InChI is InChI=1S/C14H9ClFNO4/c15-12-6-11(16)3-2-10(12)8-21-14-5-9(7-18)1-4-13(14)17(19)20/h1-7H,8H2. The Kier molecular flexibility index (Phi) is 4.49. The Labute approximate surface area is 124 Å². The van der Waals surface area contributed by atoms with E-state index in [0.717, 1.165) is 6.07 Å². The Hall–Kier alpha value is -2.47. The van der Waals surface area contributed by atoms with Crippen molar-refractivity contribution in [2.24, 2.45) is 0 Å². The molecule has 0 aliphatic rings. The van der Waals surface area contributed by atoms with Crippen molar-refractivity contribution in [2.45, 2.75) is 6.61 Å². The van der Waals surface area contributed by atoms with Crippen LogP contribution in [0.1, 0.15) is 15.9 Å². The van der Waals surface area contributed by atoms with Crippen LogP contribution in [0.25, 0.3) is 0 Å². The number of ether oxygens (including phenoxy) is 1. The Morgan fingerprint density at radius 3 is 2.67 bits per heavy atom. The summed E-state index contributed by atoms with van der Waals surface area (Å²) in [5.74, 6) is -0.539. The van der Waals surface area contributed by atoms with Crippen LogP contribution in [0.5, 0.6) is 5.75 Å². The predicted molar refractivity (Wildman–Crippen MR) is 74.2 cm³/mol. The van der Waals surface area contributed by atoms with E-state index in [1.165, 1.54) is 30.3 Å². The maximum Gasteiger partial charge on any atom is 0.310 e. The minimum absolute atomic E-state index is 0.0509. The van der Waals surface area contributed by atoms with Gasteiger partial charge in [-0.15, -0.1) is 0 Å². The smallest absolute Gasteiger partial charge is 0.310 e. The first kappa shape index (κ1) is 14.9. The maximum absolute atomic E-state index is 12.9. The third-order valence-electron chi connectivity index (χ3n) is 2.71. The molecule has 7 heteroatoms. The molecule has 0 spiro atoms.